The van der Waals surface area contributed by atoms with Gasteiger partial charge in [0, 0.05) is 51.4 Å². The number of benzene rings is 2. The van der Waals surface area contributed by atoms with E-state index in [1.54, 1.807) is 30.9 Å². The van der Waals surface area contributed by atoms with Gasteiger partial charge in [-0.15, -0.1) is 0 Å². The highest BCUT2D eigenvalue weighted by Gasteiger charge is 2.28. The van der Waals surface area contributed by atoms with Gasteiger partial charge < -0.3 is 9.64 Å². The van der Waals surface area contributed by atoms with Gasteiger partial charge in [-0.25, -0.2) is 12.8 Å². The highest BCUT2D eigenvalue weighted by atomic mass is 35.5. The Labute approximate surface area is 199 Å². The van der Waals surface area contributed by atoms with Crippen molar-refractivity contribution in [1.29, 1.82) is 0 Å². The number of sulfonamides is 1. The lowest BCUT2D eigenvalue weighted by molar-refractivity contribution is 0.0628. The minimum absolute atomic E-state index is 0.0566. The number of piperazine rings is 1. The molecule has 3 rings (SSSR count). The number of rotatable bonds is 8. The molecule has 0 saturated carbocycles. The van der Waals surface area contributed by atoms with Crippen molar-refractivity contribution < 1.29 is 22.3 Å². The zero-order valence-electron chi connectivity index (χ0n) is 19.1. The molecule has 2 aromatic carbocycles. The Balaban J connectivity index is 1.68. The first-order valence-electron chi connectivity index (χ1n) is 10.8. The molecule has 0 radical (unpaired) electrons. The van der Waals surface area contributed by atoms with Crippen molar-refractivity contribution in [2.45, 2.75) is 25.3 Å². The summed E-state index contributed by atoms with van der Waals surface area (Å²) in [6.07, 6.45) is 0. The summed E-state index contributed by atoms with van der Waals surface area (Å²) in [5.74, 6) is -0.431. The topological polar surface area (TPSA) is 70.2 Å². The van der Waals surface area contributed by atoms with E-state index in [9.17, 15) is 17.6 Å². The first-order valence-corrected chi connectivity index (χ1v) is 12.7. The van der Waals surface area contributed by atoms with Crippen molar-refractivity contribution in [3.05, 3.63) is 58.4 Å². The van der Waals surface area contributed by atoms with E-state index in [0.29, 0.717) is 45.8 Å². The van der Waals surface area contributed by atoms with E-state index >= 15 is 0 Å². The smallest absolute Gasteiger partial charge is 0.253 e. The maximum absolute atomic E-state index is 13.9. The van der Waals surface area contributed by atoms with Crippen molar-refractivity contribution in [2.24, 2.45) is 0 Å². The predicted molar refractivity (Wildman–Crippen MR) is 126 cm³/mol. The molecule has 1 saturated heterocycles. The minimum atomic E-state index is -3.79. The van der Waals surface area contributed by atoms with Crippen LogP contribution in [-0.2, 0) is 16.6 Å². The van der Waals surface area contributed by atoms with Crippen molar-refractivity contribution in [2.75, 3.05) is 46.4 Å². The zero-order chi connectivity index (χ0) is 24.2. The molecule has 1 fully saturated rings. The zero-order valence-corrected chi connectivity index (χ0v) is 20.6. The second-order valence-electron chi connectivity index (χ2n) is 7.77. The van der Waals surface area contributed by atoms with E-state index in [-0.39, 0.29) is 27.1 Å². The molecule has 0 atom stereocenters. The summed E-state index contributed by atoms with van der Waals surface area (Å²) in [5, 5.41) is 0.0926. The lowest BCUT2D eigenvalue weighted by Gasteiger charge is -2.35. The van der Waals surface area contributed by atoms with Crippen LogP contribution >= 0.6 is 11.6 Å². The third-order valence-electron chi connectivity index (χ3n) is 5.78. The van der Waals surface area contributed by atoms with Crippen molar-refractivity contribution in [3.63, 3.8) is 0 Å². The van der Waals surface area contributed by atoms with Crippen LogP contribution in [0.2, 0.25) is 5.02 Å². The number of halogens is 2. The number of carbonyl (C=O) groups excluding carboxylic acids is 1. The van der Waals surface area contributed by atoms with Gasteiger partial charge in [0.1, 0.15) is 4.90 Å². The van der Waals surface area contributed by atoms with Crippen LogP contribution in [-0.4, -0.2) is 74.8 Å². The van der Waals surface area contributed by atoms with E-state index in [1.165, 1.54) is 29.6 Å². The molecule has 1 amide bonds. The molecule has 1 aliphatic heterocycles. The number of nitrogens with zero attached hydrogens (tertiary/aromatic N) is 3. The maximum Gasteiger partial charge on any atom is 0.253 e. The van der Waals surface area contributed by atoms with Gasteiger partial charge in [-0.2, -0.15) is 4.31 Å². The normalized spacial score (nSPS) is 15.2. The van der Waals surface area contributed by atoms with Crippen molar-refractivity contribution in [3.8, 4) is 5.75 Å². The third kappa shape index (κ3) is 5.66. The third-order valence-corrected chi connectivity index (χ3v) is 8.31. The Kier molecular flexibility index (Phi) is 8.33. The maximum atomic E-state index is 13.9. The molecule has 10 heteroatoms. The van der Waals surface area contributed by atoms with E-state index < -0.39 is 15.8 Å². The van der Waals surface area contributed by atoms with Crippen LogP contribution in [0.3, 0.4) is 0 Å². The Morgan fingerprint density at radius 1 is 1.09 bits per heavy atom. The van der Waals surface area contributed by atoms with E-state index in [0.717, 1.165) is 5.56 Å². The lowest BCUT2D eigenvalue weighted by atomic mass is 10.1. The van der Waals surface area contributed by atoms with Crippen molar-refractivity contribution >= 4 is 27.5 Å². The Hall–Kier alpha value is -2.20. The fourth-order valence-corrected chi connectivity index (χ4v) is 5.85. The minimum Gasteiger partial charge on any atom is -0.494 e. The number of hydrogen-bond donors (Lipinski definition) is 0. The van der Waals surface area contributed by atoms with Gasteiger partial charge >= 0.3 is 0 Å². The van der Waals surface area contributed by atoms with Crippen LogP contribution in [0.5, 0.6) is 5.75 Å². The van der Waals surface area contributed by atoms with Gasteiger partial charge in [-0.05, 0) is 35.9 Å². The van der Waals surface area contributed by atoms with Crippen LogP contribution in [0.25, 0.3) is 0 Å². The fraction of sp³-hybridized carbons (Fsp3) is 0.435. The summed E-state index contributed by atoms with van der Waals surface area (Å²) in [4.78, 5) is 16.9. The molecular formula is C23H29ClFN3O4S. The predicted octanol–water partition coefficient (Wildman–Crippen LogP) is 3.48. The molecule has 7 nitrogen and oxygen atoms in total. The molecule has 1 aliphatic rings. The van der Waals surface area contributed by atoms with Gasteiger partial charge in [0.2, 0.25) is 10.0 Å². The van der Waals surface area contributed by atoms with Gasteiger partial charge in [0.15, 0.2) is 11.6 Å². The van der Waals surface area contributed by atoms with Crippen LogP contribution in [0.15, 0.2) is 41.3 Å². The summed E-state index contributed by atoms with van der Waals surface area (Å²) in [7, 11) is -2.36. The molecule has 0 aliphatic carbocycles. The number of carbonyl (C=O) groups is 1. The molecule has 1 heterocycles. The second kappa shape index (κ2) is 10.8. The first-order chi connectivity index (χ1) is 15.7. The van der Waals surface area contributed by atoms with Crippen LogP contribution in [0, 0.1) is 5.82 Å². The SMILES string of the molecule is CCN(CC)S(=O)(=O)c1cc(C(=O)N2CCN(Cc3ccc(OC)c(F)c3)CC2)ccc1Cl. The number of ether oxygens (including phenoxy) is 1. The molecule has 0 spiro atoms. The monoisotopic (exact) mass is 497 g/mol. The summed E-state index contributed by atoms with van der Waals surface area (Å²) in [6.45, 7) is 6.91. The molecule has 0 N–H and O–H groups in total. The number of hydrogen-bond acceptors (Lipinski definition) is 5. The summed E-state index contributed by atoms with van der Waals surface area (Å²) >= 11 is 6.18. The quantitative estimate of drug-likeness (QED) is 0.558. The van der Waals surface area contributed by atoms with Gasteiger partial charge in [0.25, 0.3) is 5.91 Å². The van der Waals surface area contributed by atoms with Crippen LogP contribution in [0.1, 0.15) is 29.8 Å². The summed E-state index contributed by atoms with van der Waals surface area (Å²) < 4.78 is 46.1. The lowest BCUT2D eigenvalue weighted by Crippen LogP contribution is -2.48. The summed E-state index contributed by atoms with van der Waals surface area (Å²) in [6, 6.07) is 9.27. The Bertz CT molecular complexity index is 1100. The van der Waals surface area contributed by atoms with E-state index in [1.807, 2.05) is 6.07 Å². The molecule has 0 aromatic heterocycles. The second-order valence-corrected chi connectivity index (χ2v) is 10.1. The average molecular weight is 498 g/mol. The van der Waals surface area contributed by atoms with E-state index in [2.05, 4.69) is 4.90 Å². The molecule has 0 unspecified atom stereocenters. The van der Waals surface area contributed by atoms with Crippen molar-refractivity contribution in [1.82, 2.24) is 14.1 Å². The average Bonchev–Trinajstić information content (AvgIpc) is 2.80. The molecule has 2 aromatic rings. The number of methoxy groups -OCH3 is 1. The standard InChI is InChI=1S/C23H29ClFN3O4S/c1-4-28(5-2)33(30,31)22-15-18(7-8-19(22)24)23(29)27-12-10-26(11-13-27)16-17-6-9-21(32-3)20(25)14-17/h6-9,14-15H,4-5,10-13,16H2,1-3H3. The molecule has 0 bridgehead atoms. The Morgan fingerprint density at radius 2 is 1.76 bits per heavy atom. The number of amides is 1. The largest absolute Gasteiger partial charge is 0.494 e. The highest BCUT2D eigenvalue weighted by Crippen LogP contribution is 2.27. The van der Waals surface area contributed by atoms with Gasteiger partial charge in [0.05, 0.1) is 12.1 Å². The summed E-state index contributed by atoms with van der Waals surface area (Å²) in [5.41, 5.74) is 1.12. The Morgan fingerprint density at radius 3 is 2.33 bits per heavy atom. The molecular weight excluding hydrogens is 469 g/mol. The molecule has 33 heavy (non-hydrogen) atoms. The van der Waals surface area contributed by atoms with Crippen LogP contribution in [0.4, 0.5) is 4.39 Å². The fourth-order valence-electron chi connectivity index (χ4n) is 3.89. The van der Waals surface area contributed by atoms with Gasteiger partial charge in [-0.1, -0.05) is 31.5 Å². The first kappa shape index (κ1) is 25.4. The highest BCUT2D eigenvalue weighted by molar-refractivity contribution is 7.89. The van der Waals surface area contributed by atoms with Gasteiger partial charge in [-0.3, -0.25) is 9.69 Å². The molecule has 180 valence electrons. The van der Waals surface area contributed by atoms with Crippen LogP contribution < -0.4 is 4.74 Å². The van der Waals surface area contributed by atoms with E-state index in [4.69, 9.17) is 16.3 Å².